The third kappa shape index (κ3) is 2.73. The predicted molar refractivity (Wildman–Crippen MR) is 81.6 cm³/mol. The average Bonchev–Trinajstić information content (AvgIpc) is 3.33. The van der Waals surface area contributed by atoms with E-state index < -0.39 is 0 Å². The Kier molecular flexibility index (Phi) is 3.54. The third-order valence-electron chi connectivity index (χ3n) is 4.61. The van der Waals surface area contributed by atoms with Crippen molar-refractivity contribution in [2.24, 2.45) is 11.3 Å². The minimum absolute atomic E-state index is 0.516. The van der Waals surface area contributed by atoms with Crippen molar-refractivity contribution in [2.75, 3.05) is 17.3 Å². The summed E-state index contributed by atoms with van der Waals surface area (Å²) in [6, 6.07) is 0. The lowest BCUT2D eigenvalue weighted by Crippen LogP contribution is -2.19. The number of nitrogens with one attached hydrogen (secondary N) is 2. The van der Waals surface area contributed by atoms with Gasteiger partial charge in [-0.15, -0.1) is 0 Å². The Bertz CT molecular complexity index is 491. The largest absolute Gasteiger partial charge is 0.369 e. The molecule has 4 N–H and O–H groups in total. The van der Waals surface area contributed by atoms with Gasteiger partial charge in [-0.1, -0.05) is 13.3 Å². The van der Waals surface area contributed by atoms with Crippen molar-refractivity contribution in [3.63, 3.8) is 0 Å². The van der Waals surface area contributed by atoms with Crippen LogP contribution in [0.15, 0.2) is 0 Å². The zero-order chi connectivity index (χ0) is 14.2. The summed E-state index contributed by atoms with van der Waals surface area (Å²) >= 11 is 0. The van der Waals surface area contributed by atoms with E-state index in [2.05, 4.69) is 22.7 Å². The first-order chi connectivity index (χ1) is 9.67. The van der Waals surface area contributed by atoms with Gasteiger partial charge < -0.3 is 10.7 Å². The molecule has 0 bridgehead atoms. The van der Waals surface area contributed by atoms with Crippen molar-refractivity contribution in [1.29, 1.82) is 0 Å². The molecule has 0 aliphatic heterocycles. The Morgan fingerprint density at radius 3 is 2.50 bits per heavy atom. The van der Waals surface area contributed by atoms with Crippen LogP contribution in [0.4, 0.5) is 11.6 Å². The van der Waals surface area contributed by atoms with Crippen LogP contribution in [-0.4, -0.2) is 16.5 Å². The van der Waals surface area contributed by atoms with Crippen molar-refractivity contribution in [1.82, 2.24) is 9.97 Å². The Morgan fingerprint density at radius 1 is 1.25 bits per heavy atom. The lowest BCUT2D eigenvalue weighted by molar-refractivity contribution is 0.485. The highest BCUT2D eigenvalue weighted by molar-refractivity contribution is 5.57. The highest BCUT2D eigenvalue weighted by atomic mass is 15.3. The van der Waals surface area contributed by atoms with Gasteiger partial charge in [0, 0.05) is 18.0 Å². The van der Waals surface area contributed by atoms with E-state index in [0.717, 1.165) is 29.6 Å². The van der Waals surface area contributed by atoms with Crippen LogP contribution in [0.3, 0.4) is 0 Å². The van der Waals surface area contributed by atoms with Crippen molar-refractivity contribution in [2.45, 2.75) is 58.3 Å². The standard InChI is InChI=1S/C15H25N5/c1-3-6-15(7-8-15)9-17-12-10(2)13(20-16)19-14(18-12)11-4-5-11/h11H,3-9,16H2,1-2H3,(H2,17,18,19,20). The molecule has 0 saturated heterocycles. The van der Waals surface area contributed by atoms with Gasteiger partial charge >= 0.3 is 0 Å². The van der Waals surface area contributed by atoms with Gasteiger partial charge in [0.2, 0.25) is 0 Å². The highest BCUT2D eigenvalue weighted by Gasteiger charge is 2.41. The summed E-state index contributed by atoms with van der Waals surface area (Å²) in [7, 11) is 0. The minimum Gasteiger partial charge on any atom is -0.369 e. The fraction of sp³-hybridized carbons (Fsp3) is 0.733. The zero-order valence-electron chi connectivity index (χ0n) is 12.5. The summed E-state index contributed by atoms with van der Waals surface area (Å²) < 4.78 is 0. The van der Waals surface area contributed by atoms with Crippen molar-refractivity contribution < 1.29 is 0 Å². The van der Waals surface area contributed by atoms with Crippen LogP contribution in [0.5, 0.6) is 0 Å². The van der Waals surface area contributed by atoms with E-state index in [-0.39, 0.29) is 0 Å². The molecule has 1 aromatic heterocycles. The number of hydrazine groups is 1. The van der Waals surface area contributed by atoms with Gasteiger partial charge in [-0.2, -0.15) is 0 Å². The molecule has 1 heterocycles. The monoisotopic (exact) mass is 275 g/mol. The number of nitrogen functional groups attached to an aromatic ring is 1. The molecular formula is C15H25N5. The molecule has 0 atom stereocenters. The number of hydrogen-bond donors (Lipinski definition) is 3. The fourth-order valence-corrected chi connectivity index (χ4v) is 2.86. The third-order valence-corrected chi connectivity index (χ3v) is 4.61. The highest BCUT2D eigenvalue weighted by Crippen LogP contribution is 2.49. The van der Waals surface area contributed by atoms with Gasteiger partial charge in [-0.05, 0) is 44.4 Å². The van der Waals surface area contributed by atoms with Crippen LogP contribution >= 0.6 is 0 Å². The first-order valence-corrected chi connectivity index (χ1v) is 7.76. The van der Waals surface area contributed by atoms with Gasteiger partial charge in [-0.3, -0.25) is 0 Å². The van der Waals surface area contributed by atoms with Crippen molar-refractivity contribution in [3.8, 4) is 0 Å². The summed E-state index contributed by atoms with van der Waals surface area (Å²) in [5, 5.41) is 3.55. The molecule has 2 saturated carbocycles. The first kappa shape index (κ1) is 13.6. The second-order valence-corrected chi connectivity index (χ2v) is 6.43. The molecule has 20 heavy (non-hydrogen) atoms. The number of nitrogens with two attached hydrogens (primary N) is 1. The summed E-state index contributed by atoms with van der Waals surface area (Å²) in [6.07, 6.45) is 7.65. The number of rotatable bonds is 7. The smallest absolute Gasteiger partial charge is 0.148 e. The SMILES string of the molecule is CCCC1(CNc2nc(C3CC3)nc(NN)c2C)CC1. The predicted octanol–water partition coefficient (Wildman–Crippen LogP) is 2.94. The Morgan fingerprint density at radius 2 is 1.95 bits per heavy atom. The molecule has 3 rings (SSSR count). The Hall–Kier alpha value is -1.36. The summed E-state index contributed by atoms with van der Waals surface area (Å²) in [4.78, 5) is 9.24. The summed E-state index contributed by atoms with van der Waals surface area (Å²) in [5.74, 6) is 8.77. The molecule has 5 nitrogen and oxygen atoms in total. The normalized spacial score (nSPS) is 19.8. The van der Waals surface area contributed by atoms with E-state index in [1.165, 1.54) is 38.5 Å². The van der Waals surface area contributed by atoms with Crippen LogP contribution in [0.2, 0.25) is 0 Å². The van der Waals surface area contributed by atoms with Gasteiger partial charge in [-0.25, -0.2) is 15.8 Å². The molecule has 1 aromatic rings. The quantitative estimate of drug-likeness (QED) is 0.527. The summed E-state index contributed by atoms with van der Waals surface area (Å²) in [5.41, 5.74) is 4.24. The molecule has 2 fully saturated rings. The van der Waals surface area contributed by atoms with E-state index in [9.17, 15) is 0 Å². The van der Waals surface area contributed by atoms with E-state index >= 15 is 0 Å². The van der Waals surface area contributed by atoms with Gasteiger partial charge in [0.15, 0.2) is 0 Å². The number of nitrogens with zero attached hydrogens (tertiary/aromatic N) is 2. The molecule has 5 heteroatoms. The second kappa shape index (κ2) is 5.20. The molecule has 110 valence electrons. The maximum atomic E-state index is 5.58. The molecule has 2 aliphatic carbocycles. The molecule has 0 unspecified atom stereocenters. The lowest BCUT2D eigenvalue weighted by Gasteiger charge is -2.18. The van der Waals surface area contributed by atoms with Gasteiger partial charge in [0.25, 0.3) is 0 Å². The molecule has 0 radical (unpaired) electrons. The number of anilines is 2. The van der Waals surface area contributed by atoms with Crippen LogP contribution in [0.1, 0.15) is 62.8 Å². The number of hydrogen-bond acceptors (Lipinski definition) is 5. The van der Waals surface area contributed by atoms with E-state index in [4.69, 9.17) is 10.8 Å². The Balaban J connectivity index is 1.75. The maximum absolute atomic E-state index is 5.58. The van der Waals surface area contributed by atoms with Crippen LogP contribution in [0.25, 0.3) is 0 Å². The average molecular weight is 275 g/mol. The Labute approximate surface area is 120 Å². The molecule has 2 aliphatic rings. The first-order valence-electron chi connectivity index (χ1n) is 7.76. The van der Waals surface area contributed by atoms with Crippen molar-refractivity contribution in [3.05, 3.63) is 11.4 Å². The molecule has 0 spiro atoms. The van der Waals surface area contributed by atoms with E-state index in [1.54, 1.807) is 0 Å². The summed E-state index contributed by atoms with van der Waals surface area (Å²) in [6.45, 7) is 5.30. The van der Waals surface area contributed by atoms with E-state index in [1.807, 2.05) is 6.92 Å². The molecular weight excluding hydrogens is 250 g/mol. The second-order valence-electron chi connectivity index (χ2n) is 6.43. The zero-order valence-corrected chi connectivity index (χ0v) is 12.5. The topological polar surface area (TPSA) is 75.9 Å². The van der Waals surface area contributed by atoms with Crippen LogP contribution < -0.4 is 16.6 Å². The van der Waals surface area contributed by atoms with Gasteiger partial charge in [0.05, 0.1) is 0 Å². The molecule has 0 amide bonds. The van der Waals surface area contributed by atoms with E-state index in [0.29, 0.717) is 11.3 Å². The van der Waals surface area contributed by atoms with Crippen LogP contribution in [0, 0.1) is 12.3 Å². The van der Waals surface area contributed by atoms with Crippen LogP contribution in [-0.2, 0) is 0 Å². The van der Waals surface area contributed by atoms with Gasteiger partial charge in [0.1, 0.15) is 17.5 Å². The fourth-order valence-electron chi connectivity index (χ4n) is 2.86. The molecule has 0 aromatic carbocycles. The van der Waals surface area contributed by atoms with Crippen molar-refractivity contribution >= 4 is 11.6 Å². The number of aromatic nitrogens is 2. The maximum Gasteiger partial charge on any atom is 0.148 e. The lowest BCUT2D eigenvalue weighted by atomic mass is 10.0. The minimum atomic E-state index is 0.516.